The molecular weight excluding hydrogens is 837 g/mol. The van der Waals surface area contributed by atoms with E-state index in [1.54, 1.807) is 0 Å². The molecule has 1 unspecified atom stereocenters. The maximum absolute atomic E-state index is 12.9. The summed E-state index contributed by atoms with van der Waals surface area (Å²) in [7, 11) is 0. The molecule has 0 N–H and O–H groups in total. The zero-order valence-corrected chi connectivity index (χ0v) is 45.4. The lowest BCUT2D eigenvalue weighted by Gasteiger charge is -2.18. The number of hydrogen-bond acceptors (Lipinski definition) is 5. The van der Waals surface area contributed by atoms with E-state index in [2.05, 4.69) is 93.7 Å². The van der Waals surface area contributed by atoms with E-state index in [1.165, 1.54) is 167 Å². The van der Waals surface area contributed by atoms with Crippen molar-refractivity contribution < 1.29 is 23.8 Å². The van der Waals surface area contributed by atoms with E-state index in [1.807, 2.05) is 0 Å². The summed E-state index contributed by atoms with van der Waals surface area (Å²) in [6.07, 6.45) is 76.4. The Balaban J connectivity index is 4.30. The van der Waals surface area contributed by atoms with Crippen LogP contribution < -0.4 is 0 Å². The van der Waals surface area contributed by atoms with Crippen molar-refractivity contribution in [3.63, 3.8) is 0 Å². The van der Waals surface area contributed by atoms with Crippen LogP contribution in [0.3, 0.4) is 0 Å². The highest BCUT2D eigenvalue weighted by molar-refractivity contribution is 5.70. The van der Waals surface area contributed by atoms with Gasteiger partial charge in [0, 0.05) is 19.4 Å². The van der Waals surface area contributed by atoms with Gasteiger partial charge in [-0.3, -0.25) is 9.59 Å². The van der Waals surface area contributed by atoms with E-state index in [0.717, 1.165) is 89.9 Å². The molecule has 0 saturated heterocycles. The number of unbranched alkanes of at least 4 members (excludes halogenated alkanes) is 31. The zero-order chi connectivity index (χ0) is 49.2. The van der Waals surface area contributed by atoms with Crippen LogP contribution in [0, 0.1) is 0 Å². The average Bonchev–Trinajstić information content (AvgIpc) is 3.34. The van der Waals surface area contributed by atoms with Crippen molar-refractivity contribution in [2.75, 3.05) is 19.8 Å². The Labute approximate surface area is 423 Å². The molecule has 0 saturated carbocycles. The Morgan fingerprint density at radius 1 is 0.338 bits per heavy atom. The van der Waals surface area contributed by atoms with E-state index in [4.69, 9.17) is 14.2 Å². The van der Waals surface area contributed by atoms with Crippen LogP contribution >= 0.6 is 0 Å². The van der Waals surface area contributed by atoms with Crippen LogP contribution in [0.5, 0.6) is 0 Å². The number of carbonyl (C=O) groups excluding carboxylic acids is 2. The van der Waals surface area contributed by atoms with Gasteiger partial charge in [-0.15, -0.1) is 0 Å². The molecule has 0 aromatic rings. The molecule has 0 spiro atoms. The molecule has 0 amide bonds. The monoisotopic (exact) mass is 949 g/mol. The first-order chi connectivity index (χ1) is 33.6. The molecule has 0 rings (SSSR count). The maximum atomic E-state index is 12.9. The van der Waals surface area contributed by atoms with Crippen molar-refractivity contribution in [2.24, 2.45) is 0 Å². The molecular formula is C63H112O5. The van der Waals surface area contributed by atoms with Crippen molar-refractivity contribution in [1.82, 2.24) is 0 Å². The van der Waals surface area contributed by atoms with Crippen molar-refractivity contribution in [2.45, 2.75) is 297 Å². The summed E-state index contributed by atoms with van der Waals surface area (Å²) in [6.45, 7) is 7.70. The molecule has 0 fully saturated rings. The molecule has 5 heteroatoms. The molecule has 0 aliphatic carbocycles. The van der Waals surface area contributed by atoms with Gasteiger partial charge in [0.1, 0.15) is 6.61 Å². The van der Waals surface area contributed by atoms with Gasteiger partial charge in [-0.1, -0.05) is 261 Å². The molecule has 0 aliphatic heterocycles. The summed E-state index contributed by atoms with van der Waals surface area (Å²) in [6, 6.07) is 0. The Hall–Kier alpha value is -2.66. The van der Waals surface area contributed by atoms with E-state index in [0.29, 0.717) is 19.4 Å². The second-order valence-corrected chi connectivity index (χ2v) is 19.5. The number of allylic oxidation sites excluding steroid dienone is 12. The van der Waals surface area contributed by atoms with E-state index < -0.39 is 6.10 Å². The predicted molar refractivity (Wildman–Crippen MR) is 297 cm³/mol. The van der Waals surface area contributed by atoms with Gasteiger partial charge in [-0.2, -0.15) is 0 Å². The van der Waals surface area contributed by atoms with Gasteiger partial charge in [0.15, 0.2) is 6.10 Å². The first-order valence-corrected chi connectivity index (χ1v) is 29.5. The highest BCUT2D eigenvalue weighted by atomic mass is 16.6. The van der Waals surface area contributed by atoms with E-state index in [-0.39, 0.29) is 25.2 Å². The SMILES string of the molecule is CC/C=C\C/C=C\C/C=C\C/C=C\CCCCCCC(=O)OC(COCCCCCCCCCCCCCCCCCC)COC(=O)CCCCCCCCCCC/C=C\C/C=C\CCCCC. The molecule has 394 valence electrons. The minimum Gasteiger partial charge on any atom is -0.462 e. The lowest BCUT2D eigenvalue weighted by molar-refractivity contribution is -0.163. The largest absolute Gasteiger partial charge is 0.462 e. The fraction of sp³-hybridized carbons (Fsp3) is 0.778. The first-order valence-electron chi connectivity index (χ1n) is 29.5. The number of rotatable bonds is 54. The van der Waals surface area contributed by atoms with Gasteiger partial charge in [0.05, 0.1) is 6.61 Å². The number of hydrogen-bond donors (Lipinski definition) is 0. The Kier molecular flexibility index (Phi) is 56.4. The third-order valence-electron chi connectivity index (χ3n) is 12.7. The smallest absolute Gasteiger partial charge is 0.306 e. The standard InChI is InChI=1S/C63H112O5/c1-4-7-10-13-16-19-22-25-28-31-32-34-35-38-41-44-47-50-53-56-62(64)67-60-61(59-66-58-55-52-49-46-43-40-37-30-27-24-21-18-15-12-9-6-3)68-63(65)57-54-51-48-45-42-39-36-33-29-26-23-20-17-14-11-8-5-2/h8,11,16-17,19-20,25-26,28-29,36,39,61H,4-7,9-10,12-15,18,21-24,27,30-35,37-38,40-60H2,1-3H3/b11-8-,19-16-,20-17-,28-25-,29-26-,39-36-. The van der Waals surface area contributed by atoms with Gasteiger partial charge < -0.3 is 14.2 Å². The number of carbonyl (C=O) groups is 2. The van der Waals surface area contributed by atoms with Gasteiger partial charge in [0.25, 0.3) is 0 Å². The highest BCUT2D eigenvalue weighted by Crippen LogP contribution is 2.16. The summed E-state index contributed by atoms with van der Waals surface area (Å²) in [5, 5.41) is 0. The molecule has 5 nitrogen and oxygen atoms in total. The topological polar surface area (TPSA) is 61.8 Å². The predicted octanol–water partition coefficient (Wildman–Crippen LogP) is 20.2. The highest BCUT2D eigenvalue weighted by Gasteiger charge is 2.17. The van der Waals surface area contributed by atoms with Crippen molar-refractivity contribution in [3.05, 3.63) is 72.9 Å². The van der Waals surface area contributed by atoms with Crippen LogP contribution in [0.1, 0.15) is 290 Å². The molecule has 0 aromatic carbocycles. The second-order valence-electron chi connectivity index (χ2n) is 19.5. The van der Waals surface area contributed by atoms with Crippen molar-refractivity contribution >= 4 is 11.9 Å². The van der Waals surface area contributed by atoms with Crippen molar-refractivity contribution in [1.29, 1.82) is 0 Å². The van der Waals surface area contributed by atoms with Gasteiger partial charge in [-0.05, 0) is 89.9 Å². The summed E-state index contributed by atoms with van der Waals surface area (Å²) in [4.78, 5) is 25.5. The van der Waals surface area contributed by atoms with Gasteiger partial charge in [0.2, 0.25) is 0 Å². The van der Waals surface area contributed by atoms with Crippen LogP contribution in [0.15, 0.2) is 72.9 Å². The van der Waals surface area contributed by atoms with E-state index in [9.17, 15) is 9.59 Å². The Morgan fingerprint density at radius 2 is 0.662 bits per heavy atom. The molecule has 0 radical (unpaired) electrons. The Morgan fingerprint density at radius 3 is 1.09 bits per heavy atom. The fourth-order valence-electron chi connectivity index (χ4n) is 8.36. The molecule has 0 bridgehead atoms. The van der Waals surface area contributed by atoms with Crippen LogP contribution in [0.4, 0.5) is 0 Å². The minimum atomic E-state index is -0.552. The third kappa shape index (κ3) is 55.9. The Bertz CT molecular complexity index is 1210. The average molecular weight is 950 g/mol. The van der Waals surface area contributed by atoms with E-state index >= 15 is 0 Å². The zero-order valence-electron chi connectivity index (χ0n) is 45.4. The lowest BCUT2D eigenvalue weighted by atomic mass is 10.0. The van der Waals surface area contributed by atoms with Crippen molar-refractivity contribution in [3.8, 4) is 0 Å². The first kappa shape index (κ1) is 65.3. The van der Waals surface area contributed by atoms with Gasteiger partial charge in [-0.25, -0.2) is 0 Å². The molecule has 0 aromatic heterocycles. The summed E-state index contributed by atoms with van der Waals surface area (Å²) < 4.78 is 17.5. The van der Waals surface area contributed by atoms with Crippen LogP contribution in [-0.4, -0.2) is 37.9 Å². The summed E-state index contributed by atoms with van der Waals surface area (Å²) in [5.41, 5.74) is 0. The number of ether oxygens (including phenoxy) is 3. The van der Waals surface area contributed by atoms with Crippen LogP contribution in [0.25, 0.3) is 0 Å². The van der Waals surface area contributed by atoms with Crippen LogP contribution in [0.2, 0.25) is 0 Å². The number of esters is 2. The molecule has 0 heterocycles. The lowest BCUT2D eigenvalue weighted by Crippen LogP contribution is -2.30. The minimum absolute atomic E-state index is 0.0738. The molecule has 68 heavy (non-hydrogen) atoms. The normalized spacial score (nSPS) is 12.7. The summed E-state index contributed by atoms with van der Waals surface area (Å²) in [5.74, 6) is -0.418. The van der Waals surface area contributed by atoms with Gasteiger partial charge >= 0.3 is 11.9 Å². The summed E-state index contributed by atoms with van der Waals surface area (Å²) >= 11 is 0. The molecule has 1 atom stereocenters. The molecule has 0 aliphatic rings. The fourth-order valence-corrected chi connectivity index (χ4v) is 8.36. The second kappa shape index (κ2) is 58.7. The van der Waals surface area contributed by atoms with Crippen LogP contribution in [-0.2, 0) is 23.8 Å². The third-order valence-corrected chi connectivity index (χ3v) is 12.7. The maximum Gasteiger partial charge on any atom is 0.306 e. The quantitative estimate of drug-likeness (QED) is 0.0345.